The van der Waals surface area contributed by atoms with Crippen LogP contribution in [0, 0.1) is 11.3 Å². The van der Waals surface area contributed by atoms with Crippen LogP contribution < -0.4 is 19.7 Å². The van der Waals surface area contributed by atoms with E-state index >= 15 is 0 Å². The quantitative estimate of drug-likeness (QED) is 0.703. The number of nitriles is 1. The second-order valence-electron chi connectivity index (χ2n) is 7.01. The molecular formula is C21H18N6O3. The number of piperazine rings is 1. The summed E-state index contributed by atoms with van der Waals surface area (Å²) in [4.78, 5) is 25.3. The van der Waals surface area contributed by atoms with Crippen molar-refractivity contribution in [2.24, 2.45) is 0 Å². The molecule has 0 unspecified atom stereocenters. The van der Waals surface area contributed by atoms with Gasteiger partial charge in [-0.1, -0.05) is 0 Å². The lowest BCUT2D eigenvalue weighted by atomic mass is 10.2. The van der Waals surface area contributed by atoms with E-state index in [9.17, 15) is 4.79 Å². The zero-order chi connectivity index (χ0) is 20.5. The summed E-state index contributed by atoms with van der Waals surface area (Å²) in [6.07, 6.45) is 1.55. The Kier molecular flexibility index (Phi) is 4.44. The van der Waals surface area contributed by atoms with Gasteiger partial charge in [-0.3, -0.25) is 0 Å². The molecule has 0 radical (unpaired) electrons. The first-order valence-electron chi connectivity index (χ1n) is 9.57. The van der Waals surface area contributed by atoms with Crippen molar-refractivity contribution < 1.29 is 14.3 Å². The van der Waals surface area contributed by atoms with E-state index in [1.54, 1.807) is 35.5 Å². The van der Waals surface area contributed by atoms with Crippen molar-refractivity contribution >= 4 is 28.4 Å². The first-order valence-corrected chi connectivity index (χ1v) is 9.57. The Morgan fingerprint density at radius 1 is 1.03 bits per heavy atom. The molecule has 2 aliphatic rings. The van der Waals surface area contributed by atoms with E-state index in [0.717, 1.165) is 16.7 Å². The van der Waals surface area contributed by atoms with Crippen LogP contribution in [-0.4, -0.2) is 53.9 Å². The maximum Gasteiger partial charge on any atom is 0.321 e. The van der Waals surface area contributed by atoms with Crippen LogP contribution in [0.15, 0.2) is 42.7 Å². The monoisotopic (exact) mass is 402 g/mol. The van der Waals surface area contributed by atoms with Gasteiger partial charge < -0.3 is 24.6 Å². The van der Waals surface area contributed by atoms with Gasteiger partial charge in [0.25, 0.3) is 0 Å². The van der Waals surface area contributed by atoms with Gasteiger partial charge in [-0.25, -0.2) is 14.8 Å². The Morgan fingerprint density at radius 2 is 1.77 bits per heavy atom. The SMILES string of the molecule is N#Cc1ccc(NC(=O)N2CCN(c3ncnc4cc5c(cc34)OCO5)CC2)cc1. The van der Waals surface area contributed by atoms with Crippen molar-refractivity contribution in [1.82, 2.24) is 14.9 Å². The van der Waals surface area contributed by atoms with Crippen LogP contribution in [0.1, 0.15) is 5.56 Å². The fourth-order valence-electron chi connectivity index (χ4n) is 3.64. The Bertz CT molecular complexity index is 1150. The molecule has 3 heterocycles. The molecule has 0 bridgehead atoms. The minimum absolute atomic E-state index is 0.157. The van der Waals surface area contributed by atoms with Crippen LogP contribution in [0.5, 0.6) is 11.5 Å². The third kappa shape index (κ3) is 3.28. The van der Waals surface area contributed by atoms with Crippen molar-refractivity contribution in [3.05, 3.63) is 48.3 Å². The first-order chi connectivity index (χ1) is 14.7. The topological polar surface area (TPSA) is 104 Å². The molecule has 2 aliphatic heterocycles. The van der Waals surface area contributed by atoms with E-state index in [1.807, 2.05) is 12.1 Å². The van der Waals surface area contributed by atoms with E-state index in [1.165, 1.54) is 0 Å². The number of nitrogens with zero attached hydrogens (tertiary/aromatic N) is 5. The third-order valence-electron chi connectivity index (χ3n) is 5.24. The van der Waals surface area contributed by atoms with Gasteiger partial charge in [-0.2, -0.15) is 5.26 Å². The maximum atomic E-state index is 12.6. The number of hydrogen-bond acceptors (Lipinski definition) is 7. The van der Waals surface area contributed by atoms with Crippen LogP contribution in [0.3, 0.4) is 0 Å². The fraction of sp³-hybridized carbons (Fsp3) is 0.238. The summed E-state index contributed by atoms with van der Waals surface area (Å²) in [5.74, 6) is 2.21. The molecule has 1 fully saturated rings. The molecule has 3 aromatic rings. The highest BCUT2D eigenvalue weighted by Crippen LogP contribution is 2.38. The van der Waals surface area contributed by atoms with E-state index in [2.05, 4.69) is 26.3 Å². The van der Waals surface area contributed by atoms with Gasteiger partial charge in [-0.15, -0.1) is 0 Å². The molecule has 150 valence electrons. The smallest absolute Gasteiger partial charge is 0.321 e. The van der Waals surface area contributed by atoms with Gasteiger partial charge in [0.2, 0.25) is 6.79 Å². The minimum Gasteiger partial charge on any atom is -0.454 e. The lowest BCUT2D eigenvalue weighted by Gasteiger charge is -2.35. The number of nitrogens with one attached hydrogen (secondary N) is 1. The summed E-state index contributed by atoms with van der Waals surface area (Å²) in [5, 5.41) is 12.7. The van der Waals surface area contributed by atoms with Crippen molar-refractivity contribution in [3.63, 3.8) is 0 Å². The molecule has 2 amide bonds. The van der Waals surface area contributed by atoms with Crippen molar-refractivity contribution in [3.8, 4) is 17.6 Å². The molecule has 0 aliphatic carbocycles. The summed E-state index contributed by atoms with van der Waals surface area (Å²) in [6, 6.07) is 12.5. The Balaban J connectivity index is 1.28. The number of amides is 2. The van der Waals surface area contributed by atoms with Crippen molar-refractivity contribution in [2.75, 3.05) is 43.2 Å². The van der Waals surface area contributed by atoms with Crippen LogP contribution in [-0.2, 0) is 0 Å². The Morgan fingerprint density at radius 3 is 2.50 bits per heavy atom. The third-order valence-corrected chi connectivity index (χ3v) is 5.24. The number of fused-ring (bicyclic) bond motifs is 2. The average molecular weight is 402 g/mol. The molecule has 0 spiro atoms. The molecule has 0 saturated carbocycles. The number of benzene rings is 2. The van der Waals surface area contributed by atoms with Gasteiger partial charge >= 0.3 is 6.03 Å². The molecule has 2 aromatic carbocycles. The van der Waals surface area contributed by atoms with Crippen LogP contribution in [0.4, 0.5) is 16.3 Å². The molecule has 0 atom stereocenters. The molecule has 1 aromatic heterocycles. The van der Waals surface area contributed by atoms with Gasteiger partial charge in [0.05, 0.1) is 17.1 Å². The van der Waals surface area contributed by atoms with Gasteiger partial charge in [0.1, 0.15) is 12.1 Å². The lowest BCUT2D eigenvalue weighted by molar-refractivity contribution is 0.174. The number of carbonyl (C=O) groups excluding carboxylic acids is 1. The normalized spacial score (nSPS) is 15.2. The van der Waals surface area contributed by atoms with Crippen LogP contribution in [0.25, 0.3) is 10.9 Å². The van der Waals surface area contributed by atoms with E-state index in [4.69, 9.17) is 14.7 Å². The minimum atomic E-state index is -0.157. The summed E-state index contributed by atoms with van der Waals surface area (Å²) >= 11 is 0. The molecule has 1 saturated heterocycles. The van der Waals surface area contributed by atoms with Gasteiger partial charge in [0, 0.05) is 43.3 Å². The number of ether oxygens (including phenoxy) is 2. The van der Waals surface area contributed by atoms with Crippen LogP contribution in [0.2, 0.25) is 0 Å². The summed E-state index contributed by atoms with van der Waals surface area (Å²) in [6.45, 7) is 2.65. The molecule has 5 rings (SSSR count). The summed E-state index contributed by atoms with van der Waals surface area (Å²) < 4.78 is 10.9. The number of hydrogen-bond donors (Lipinski definition) is 1. The number of aromatic nitrogens is 2. The number of anilines is 2. The standard InChI is InChI=1S/C21H18N6O3/c22-11-14-1-3-15(4-2-14)25-21(28)27-7-5-26(6-8-27)20-16-9-18-19(30-13-29-18)10-17(16)23-12-24-20/h1-4,9-10,12H,5-8,13H2,(H,25,28). The molecular weight excluding hydrogens is 384 g/mol. The van der Waals surface area contributed by atoms with Gasteiger partial charge in [0.15, 0.2) is 11.5 Å². The molecule has 1 N–H and O–H groups in total. The largest absolute Gasteiger partial charge is 0.454 e. The fourth-order valence-corrected chi connectivity index (χ4v) is 3.64. The number of carbonyl (C=O) groups is 1. The van der Waals surface area contributed by atoms with E-state index in [-0.39, 0.29) is 12.8 Å². The second-order valence-corrected chi connectivity index (χ2v) is 7.01. The highest BCUT2D eigenvalue weighted by molar-refractivity contribution is 5.92. The summed E-state index contributed by atoms with van der Waals surface area (Å²) in [7, 11) is 0. The molecule has 9 heteroatoms. The van der Waals surface area contributed by atoms with E-state index in [0.29, 0.717) is 48.9 Å². The predicted molar refractivity (Wildman–Crippen MR) is 110 cm³/mol. The average Bonchev–Trinajstić information content (AvgIpc) is 3.25. The highest BCUT2D eigenvalue weighted by Gasteiger charge is 2.24. The first kappa shape index (κ1) is 18.0. The molecule has 30 heavy (non-hydrogen) atoms. The Labute approximate surface area is 172 Å². The van der Waals surface area contributed by atoms with Crippen molar-refractivity contribution in [1.29, 1.82) is 5.26 Å². The summed E-state index contributed by atoms with van der Waals surface area (Å²) in [5.41, 5.74) is 2.02. The second kappa shape index (κ2) is 7.40. The van der Waals surface area contributed by atoms with Crippen molar-refractivity contribution in [2.45, 2.75) is 0 Å². The number of urea groups is 1. The van der Waals surface area contributed by atoms with Gasteiger partial charge in [-0.05, 0) is 30.3 Å². The number of rotatable bonds is 2. The van der Waals surface area contributed by atoms with Crippen LogP contribution >= 0.6 is 0 Å². The Hall–Kier alpha value is -4.06. The lowest BCUT2D eigenvalue weighted by Crippen LogP contribution is -2.50. The maximum absolute atomic E-state index is 12.6. The van der Waals surface area contributed by atoms with E-state index < -0.39 is 0 Å². The zero-order valence-corrected chi connectivity index (χ0v) is 16.0. The zero-order valence-electron chi connectivity index (χ0n) is 16.0. The molecule has 9 nitrogen and oxygen atoms in total. The highest BCUT2D eigenvalue weighted by atomic mass is 16.7. The predicted octanol–water partition coefficient (Wildman–Crippen LogP) is 2.58.